The first kappa shape index (κ1) is 11.8. The summed E-state index contributed by atoms with van der Waals surface area (Å²) in [7, 11) is 0. The first-order valence-electron chi connectivity index (χ1n) is 4.82. The summed E-state index contributed by atoms with van der Waals surface area (Å²) in [4.78, 5) is 11.7. The number of nitrogens with one attached hydrogen (secondary N) is 1. The van der Waals surface area contributed by atoms with E-state index in [0.717, 1.165) is 0 Å². The van der Waals surface area contributed by atoms with Crippen LogP contribution < -0.4 is 5.32 Å². The van der Waals surface area contributed by atoms with Crippen LogP contribution in [0, 0.1) is 0 Å². The predicted octanol–water partition coefficient (Wildman–Crippen LogP) is 1.56. The first-order chi connectivity index (χ1) is 6.74. The van der Waals surface area contributed by atoms with Crippen molar-refractivity contribution in [3.8, 4) is 0 Å². The van der Waals surface area contributed by atoms with Gasteiger partial charge in [-0.25, -0.2) is 0 Å². The molecule has 0 aliphatic rings. The van der Waals surface area contributed by atoms with Gasteiger partial charge in [0.05, 0.1) is 17.4 Å². The van der Waals surface area contributed by atoms with E-state index in [0.29, 0.717) is 0 Å². The summed E-state index contributed by atoms with van der Waals surface area (Å²) >= 11 is 0. The molecule has 0 radical (unpaired) electrons. The van der Waals surface area contributed by atoms with Crippen molar-refractivity contribution < 1.29 is 14.3 Å². The molecule has 1 aromatic rings. The second kappa shape index (κ2) is 3.70. The average Bonchev–Trinajstić information content (AvgIpc) is 2.51. The van der Waals surface area contributed by atoms with Gasteiger partial charge in [-0.05, 0) is 39.8 Å². The van der Waals surface area contributed by atoms with Crippen LogP contribution in [-0.4, -0.2) is 22.2 Å². The Hall–Kier alpha value is -1.29. The van der Waals surface area contributed by atoms with Crippen molar-refractivity contribution >= 4 is 5.91 Å². The van der Waals surface area contributed by atoms with Crippen LogP contribution in [-0.2, 0) is 0 Å². The summed E-state index contributed by atoms with van der Waals surface area (Å²) in [5.41, 5.74) is -1.73. The quantitative estimate of drug-likeness (QED) is 0.797. The molecular weight excluding hydrogens is 194 g/mol. The minimum atomic E-state index is -1.00. The van der Waals surface area contributed by atoms with Crippen molar-refractivity contribution in [3.05, 3.63) is 24.2 Å². The summed E-state index contributed by atoms with van der Waals surface area (Å²) in [6.07, 6.45) is 1.44. The molecule has 84 valence electrons. The van der Waals surface area contributed by atoms with E-state index in [4.69, 9.17) is 4.42 Å². The zero-order chi connectivity index (χ0) is 11.7. The number of hydrogen-bond donors (Lipinski definition) is 2. The summed E-state index contributed by atoms with van der Waals surface area (Å²) in [6.45, 7) is 6.81. The lowest BCUT2D eigenvalue weighted by Gasteiger charge is -2.37. The number of rotatable bonds is 3. The highest BCUT2D eigenvalue weighted by Crippen LogP contribution is 2.21. The van der Waals surface area contributed by atoms with Gasteiger partial charge in [0.15, 0.2) is 5.76 Å². The van der Waals surface area contributed by atoms with Gasteiger partial charge in [-0.2, -0.15) is 0 Å². The van der Waals surface area contributed by atoms with Crippen LogP contribution in [0.2, 0.25) is 0 Å². The van der Waals surface area contributed by atoms with Crippen molar-refractivity contribution in [2.75, 3.05) is 0 Å². The van der Waals surface area contributed by atoms with E-state index < -0.39 is 11.1 Å². The summed E-state index contributed by atoms with van der Waals surface area (Å²) in [5.74, 6) is -0.0838. The van der Waals surface area contributed by atoms with E-state index in [1.165, 1.54) is 6.26 Å². The van der Waals surface area contributed by atoms with Gasteiger partial charge in [-0.15, -0.1) is 0 Å². The fourth-order valence-corrected chi connectivity index (χ4v) is 0.906. The zero-order valence-corrected chi connectivity index (χ0v) is 9.50. The maximum atomic E-state index is 11.7. The summed E-state index contributed by atoms with van der Waals surface area (Å²) < 4.78 is 4.96. The molecule has 2 N–H and O–H groups in total. The van der Waals surface area contributed by atoms with Crippen LogP contribution in [0.25, 0.3) is 0 Å². The van der Waals surface area contributed by atoms with Gasteiger partial charge >= 0.3 is 0 Å². The molecule has 0 aliphatic heterocycles. The van der Waals surface area contributed by atoms with Crippen LogP contribution >= 0.6 is 0 Å². The largest absolute Gasteiger partial charge is 0.459 e. The smallest absolute Gasteiger partial charge is 0.287 e. The minimum Gasteiger partial charge on any atom is -0.459 e. The SMILES string of the molecule is CC(C)(O)C(C)(C)NC(=O)c1ccco1. The van der Waals surface area contributed by atoms with E-state index in [1.54, 1.807) is 39.8 Å². The van der Waals surface area contributed by atoms with E-state index in [-0.39, 0.29) is 11.7 Å². The number of carbonyl (C=O) groups is 1. The molecule has 0 saturated heterocycles. The molecule has 0 aromatic carbocycles. The first-order valence-corrected chi connectivity index (χ1v) is 4.82. The zero-order valence-electron chi connectivity index (χ0n) is 9.50. The Morgan fingerprint density at radius 2 is 2.00 bits per heavy atom. The van der Waals surface area contributed by atoms with Gasteiger partial charge in [0, 0.05) is 0 Å². The lowest BCUT2D eigenvalue weighted by Crippen LogP contribution is -2.57. The van der Waals surface area contributed by atoms with Crippen LogP contribution in [0.5, 0.6) is 0 Å². The molecule has 4 nitrogen and oxygen atoms in total. The lowest BCUT2D eigenvalue weighted by atomic mass is 9.86. The number of amides is 1. The molecule has 0 spiro atoms. The van der Waals surface area contributed by atoms with Crippen molar-refractivity contribution in [1.29, 1.82) is 0 Å². The van der Waals surface area contributed by atoms with Crippen molar-refractivity contribution in [3.63, 3.8) is 0 Å². The second-order valence-corrected chi connectivity index (χ2v) is 4.62. The molecule has 4 heteroatoms. The Morgan fingerprint density at radius 3 is 2.40 bits per heavy atom. The Labute approximate surface area is 89.3 Å². The predicted molar refractivity (Wildman–Crippen MR) is 56.6 cm³/mol. The highest BCUT2D eigenvalue weighted by molar-refractivity contribution is 5.91. The van der Waals surface area contributed by atoms with E-state index in [1.807, 2.05) is 0 Å². The monoisotopic (exact) mass is 211 g/mol. The maximum absolute atomic E-state index is 11.7. The molecule has 15 heavy (non-hydrogen) atoms. The highest BCUT2D eigenvalue weighted by Gasteiger charge is 2.36. The maximum Gasteiger partial charge on any atom is 0.287 e. The van der Waals surface area contributed by atoms with Crippen LogP contribution in [0.1, 0.15) is 38.2 Å². The van der Waals surface area contributed by atoms with Gasteiger partial charge < -0.3 is 14.8 Å². The lowest BCUT2D eigenvalue weighted by molar-refractivity contribution is -0.00341. The third-order valence-electron chi connectivity index (χ3n) is 2.70. The fourth-order valence-electron chi connectivity index (χ4n) is 0.906. The van der Waals surface area contributed by atoms with Crippen molar-refractivity contribution in [1.82, 2.24) is 5.32 Å². The summed E-state index contributed by atoms with van der Waals surface area (Å²) in [6, 6.07) is 3.22. The van der Waals surface area contributed by atoms with E-state index in [2.05, 4.69) is 5.32 Å². The molecule has 0 unspecified atom stereocenters. The number of carbonyl (C=O) groups excluding carboxylic acids is 1. The van der Waals surface area contributed by atoms with Gasteiger partial charge in [0.1, 0.15) is 0 Å². The van der Waals surface area contributed by atoms with Crippen LogP contribution in [0.3, 0.4) is 0 Å². The van der Waals surface area contributed by atoms with E-state index >= 15 is 0 Å². The standard InChI is InChI=1S/C11H17NO3/c1-10(2,11(3,4)14)12-9(13)8-6-5-7-15-8/h5-7,14H,1-4H3,(H,12,13). The Balaban J connectivity index is 2.75. The van der Waals surface area contributed by atoms with Gasteiger partial charge in [0.2, 0.25) is 0 Å². The Kier molecular flexibility index (Phi) is 2.90. The number of hydrogen-bond acceptors (Lipinski definition) is 3. The summed E-state index contributed by atoms with van der Waals surface area (Å²) in [5, 5.41) is 12.6. The van der Waals surface area contributed by atoms with Crippen LogP contribution in [0.15, 0.2) is 22.8 Å². The van der Waals surface area contributed by atoms with Gasteiger partial charge in [-0.1, -0.05) is 0 Å². The molecular formula is C11H17NO3. The second-order valence-electron chi connectivity index (χ2n) is 4.62. The molecule has 1 aromatic heterocycles. The van der Waals surface area contributed by atoms with Gasteiger partial charge in [0.25, 0.3) is 5.91 Å². The molecule has 0 fully saturated rings. The third-order valence-corrected chi connectivity index (χ3v) is 2.70. The molecule has 1 amide bonds. The molecule has 1 rings (SSSR count). The average molecular weight is 211 g/mol. The molecule has 0 aliphatic carbocycles. The Morgan fingerprint density at radius 1 is 1.40 bits per heavy atom. The fraction of sp³-hybridized carbons (Fsp3) is 0.545. The topological polar surface area (TPSA) is 62.5 Å². The normalized spacial score (nSPS) is 12.6. The number of aliphatic hydroxyl groups is 1. The molecule has 0 atom stereocenters. The van der Waals surface area contributed by atoms with Gasteiger partial charge in [-0.3, -0.25) is 4.79 Å². The van der Waals surface area contributed by atoms with Crippen molar-refractivity contribution in [2.24, 2.45) is 0 Å². The third kappa shape index (κ3) is 2.59. The molecule has 0 bridgehead atoms. The minimum absolute atomic E-state index is 0.243. The van der Waals surface area contributed by atoms with Crippen molar-refractivity contribution in [2.45, 2.75) is 38.8 Å². The molecule has 1 heterocycles. The highest BCUT2D eigenvalue weighted by atomic mass is 16.3. The Bertz CT molecular complexity index is 333. The van der Waals surface area contributed by atoms with E-state index in [9.17, 15) is 9.90 Å². The number of furan rings is 1. The van der Waals surface area contributed by atoms with Crippen LogP contribution in [0.4, 0.5) is 0 Å². The molecule has 0 saturated carbocycles.